The van der Waals surface area contributed by atoms with Crippen LogP contribution >= 0.6 is 15.9 Å². The first kappa shape index (κ1) is 7.52. The molecule has 0 amide bonds. The molecular formula is C7H12BrF. The molecule has 0 nitrogen and oxygen atoms in total. The first-order chi connectivity index (χ1) is 4.34. The predicted molar refractivity (Wildman–Crippen MR) is 40.6 cm³/mol. The Morgan fingerprint density at radius 2 is 2.00 bits per heavy atom. The van der Waals surface area contributed by atoms with Crippen LogP contribution < -0.4 is 0 Å². The summed E-state index contributed by atoms with van der Waals surface area (Å²) >= 11 is 3.47. The van der Waals surface area contributed by atoms with Gasteiger partial charge in [-0.3, -0.25) is 4.39 Å². The van der Waals surface area contributed by atoms with E-state index in [1.54, 1.807) is 0 Å². The molecule has 0 N–H and O–H groups in total. The molecule has 1 aliphatic rings. The Bertz CT molecular complexity index is 85.0. The molecule has 0 saturated heterocycles. The third-order valence-electron chi connectivity index (χ3n) is 2.01. The molecule has 1 rings (SSSR count). The molecule has 0 spiro atoms. The van der Waals surface area contributed by atoms with Gasteiger partial charge < -0.3 is 0 Å². The number of alkyl halides is 2. The van der Waals surface area contributed by atoms with Crippen LogP contribution in [0.3, 0.4) is 0 Å². The highest BCUT2D eigenvalue weighted by Gasteiger charge is 2.21. The summed E-state index contributed by atoms with van der Waals surface area (Å²) in [5, 5.41) is 0. The molecule has 0 bridgehead atoms. The van der Waals surface area contributed by atoms with Gasteiger partial charge in [0.1, 0.15) is 0 Å². The molecule has 0 heterocycles. The summed E-state index contributed by atoms with van der Waals surface area (Å²) in [6.45, 7) is -0.143. The van der Waals surface area contributed by atoms with Gasteiger partial charge in [-0.2, -0.15) is 0 Å². The summed E-state index contributed by atoms with van der Waals surface area (Å²) in [5.41, 5.74) is 0. The standard InChI is InChI=1S/C7H12BrF/c8-7-4-2-1-3-6(7)5-9/h6-7H,1-5H2. The molecule has 0 aromatic rings. The Morgan fingerprint density at radius 1 is 1.33 bits per heavy atom. The van der Waals surface area contributed by atoms with Crippen LogP contribution in [0.5, 0.6) is 0 Å². The lowest BCUT2D eigenvalue weighted by Crippen LogP contribution is -2.20. The van der Waals surface area contributed by atoms with E-state index in [0.29, 0.717) is 10.7 Å². The first-order valence-corrected chi connectivity index (χ1v) is 4.46. The van der Waals surface area contributed by atoms with Crippen molar-refractivity contribution in [2.24, 2.45) is 5.92 Å². The molecule has 2 atom stereocenters. The lowest BCUT2D eigenvalue weighted by atomic mass is 9.90. The highest BCUT2D eigenvalue weighted by molar-refractivity contribution is 9.09. The minimum atomic E-state index is -0.143. The normalized spacial score (nSPS) is 36.7. The molecule has 0 radical (unpaired) electrons. The van der Waals surface area contributed by atoms with Crippen LogP contribution in [0, 0.1) is 5.92 Å². The predicted octanol–water partition coefficient (Wildman–Crippen LogP) is 2.91. The van der Waals surface area contributed by atoms with Gasteiger partial charge in [0.15, 0.2) is 0 Å². The topological polar surface area (TPSA) is 0 Å². The van der Waals surface area contributed by atoms with E-state index in [2.05, 4.69) is 15.9 Å². The van der Waals surface area contributed by atoms with E-state index in [1.807, 2.05) is 0 Å². The van der Waals surface area contributed by atoms with Gasteiger partial charge in [0.05, 0.1) is 6.67 Å². The molecule has 9 heavy (non-hydrogen) atoms. The van der Waals surface area contributed by atoms with E-state index in [0.717, 1.165) is 12.8 Å². The lowest BCUT2D eigenvalue weighted by Gasteiger charge is -2.24. The zero-order valence-corrected chi connectivity index (χ0v) is 7.03. The van der Waals surface area contributed by atoms with Crippen molar-refractivity contribution in [3.63, 3.8) is 0 Å². The average Bonchev–Trinajstić information content (AvgIpc) is 1.89. The van der Waals surface area contributed by atoms with Gasteiger partial charge in [0, 0.05) is 4.83 Å². The largest absolute Gasteiger partial charge is 0.251 e. The molecule has 0 aromatic heterocycles. The van der Waals surface area contributed by atoms with Crippen LogP contribution in [0.25, 0.3) is 0 Å². The summed E-state index contributed by atoms with van der Waals surface area (Å²) < 4.78 is 12.1. The van der Waals surface area contributed by atoms with Crippen molar-refractivity contribution >= 4 is 15.9 Å². The fourth-order valence-electron chi connectivity index (χ4n) is 1.34. The van der Waals surface area contributed by atoms with Crippen molar-refractivity contribution in [3.05, 3.63) is 0 Å². The van der Waals surface area contributed by atoms with Gasteiger partial charge in [0.25, 0.3) is 0 Å². The van der Waals surface area contributed by atoms with E-state index in [1.165, 1.54) is 12.8 Å². The maximum Gasteiger partial charge on any atom is 0.0933 e. The van der Waals surface area contributed by atoms with Crippen molar-refractivity contribution in [2.75, 3.05) is 6.67 Å². The fraction of sp³-hybridized carbons (Fsp3) is 1.00. The molecule has 1 saturated carbocycles. The quantitative estimate of drug-likeness (QED) is 0.564. The Kier molecular flexibility index (Phi) is 2.96. The van der Waals surface area contributed by atoms with Crippen LogP contribution in [0.15, 0.2) is 0 Å². The zero-order valence-electron chi connectivity index (χ0n) is 5.45. The minimum Gasteiger partial charge on any atom is -0.251 e. The summed E-state index contributed by atoms with van der Waals surface area (Å²) in [7, 11) is 0. The molecular weight excluding hydrogens is 183 g/mol. The molecule has 2 heteroatoms. The Morgan fingerprint density at radius 3 is 2.44 bits per heavy atom. The number of hydrogen-bond donors (Lipinski definition) is 0. The SMILES string of the molecule is FCC1CCCCC1Br. The molecule has 1 fully saturated rings. The highest BCUT2D eigenvalue weighted by atomic mass is 79.9. The molecule has 0 aromatic carbocycles. The second-order valence-electron chi connectivity index (χ2n) is 2.71. The summed E-state index contributed by atoms with van der Waals surface area (Å²) in [5.74, 6) is 0.304. The van der Waals surface area contributed by atoms with Gasteiger partial charge in [-0.15, -0.1) is 0 Å². The molecule has 54 valence electrons. The zero-order chi connectivity index (χ0) is 6.69. The third kappa shape index (κ3) is 1.92. The summed E-state index contributed by atoms with van der Waals surface area (Å²) in [4.78, 5) is 0.455. The van der Waals surface area contributed by atoms with Gasteiger partial charge in [0.2, 0.25) is 0 Å². The number of halogens is 2. The third-order valence-corrected chi connectivity index (χ3v) is 3.22. The second-order valence-corrected chi connectivity index (χ2v) is 3.89. The van der Waals surface area contributed by atoms with Crippen LogP contribution in [-0.2, 0) is 0 Å². The second kappa shape index (κ2) is 3.55. The van der Waals surface area contributed by atoms with Gasteiger partial charge in [-0.05, 0) is 18.8 Å². The van der Waals surface area contributed by atoms with Crippen molar-refractivity contribution in [3.8, 4) is 0 Å². The Hall–Kier alpha value is 0.410. The molecule has 2 unspecified atom stereocenters. The van der Waals surface area contributed by atoms with E-state index >= 15 is 0 Å². The van der Waals surface area contributed by atoms with Gasteiger partial charge >= 0.3 is 0 Å². The van der Waals surface area contributed by atoms with E-state index in [9.17, 15) is 4.39 Å². The average molecular weight is 195 g/mol. The number of hydrogen-bond acceptors (Lipinski definition) is 0. The van der Waals surface area contributed by atoms with Crippen LogP contribution in [0.4, 0.5) is 4.39 Å². The van der Waals surface area contributed by atoms with E-state index in [4.69, 9.17) is 0 Å². The van der Waals surface area contributed by atoms with Crippen LogP contribution in [-0.4, -0.2) is 11.5 Å². The van der Waals surface area contributed by atoms with E-state index in [-0.39, 0.29) is 6.67 Å². The lowest BCUT2D eigenvalue weighted by molar-refractivity contribution is 0.293. The monoisotopic (exact) mass is 194 g/mol. The first-order valence-electron chi connectivity index (χ1n) is 3.54. The van der Waals surface area contributed by atoms with Crippen molar-refractivity contribution in [1.82, 2.24) is 0 Å². The van der Waals surface area contributed by atoms with Gasteiger partial charge in [-0.1, -0.05) is 28.8 Å². The Labute approximate surface area is 64.0 Å². The fourth-order valence-corrected chi connectivity index (χ4v) is 2.07. The minimum absolute atomic E-state index is 0.143. The molecule has 0 aliphatic heterocycles. The van der Waals surface area contributed by atoms with Crippen molar-refractivity contribution in [2.45, 2.75) is 30.5 Å². The maximum absolute atomic E-state index is 12.1. The summed E-state index contributed by atoms with van der Waals surface area (Å²) in [6, 6.07) is 0. The van der Waals surface area contributed by atoms with Crippen LogP contribution in [0.1, 0.15) is 25.7 Å². The van der Waals surface area contributed by atoms with Crippen molar-refractivity contribution in [1.29, 1.82) is 0 Å². The highest BCUT2D eigenvalue weighted by Crippen LogP contribution is 2.29. The van der Waals surface area contributed by atoms with Gasteiger partial charge in [-0.25, -0.2) is 0 Å². The van der Waals surface area contributed by atoms with Crippen LogP contribution in [0.2, 0.25) is 0 Å². The Balaban J connectivity index is 2.30. The number of rotatable bonds is 1. The smallest absolute Gasteiger partial charge is 0.0933 e. The van der Waals surface area contributed by atoms with E-state index < -0.39 is 0 Å². The maximum atomic E-state index is 12.1. The van der Waals surface area contributed by atoms with Crippen molar-refractivity contribution < 1.29 is 4.39 Å². The molecule has 1 aliphatic carbocycles. The summed E-state index contributed by atoms with van der Waals surface area (Å²) in [6.07, 6.45) is 4.73.